The third kappa shape index (κ3) is 4.50. The van der Waals surface area contributed by atoms with E-state index in [1.807, 2.05) is 13.8 Å². The average molecular weight is 268 g/mol. The van der Waals surface area contributed by atoms with Crippen molar-refractivity contribution < 1.29 is 14.4 Å². The second kappa shape index (κ2) is 6.49. The second-order valence-corrected chi connectivity index (χ2v) is 4.76. The number of nitro groups is 1. The fourth-order valence-electron chi connectivity index (χ4n) is 1.47. The Morgan fingerprint density at radius 3 is 2.68 bits per heavy atom. The molecular weight excluding hydrogens is 248 g/mol. The molecule has 0 radical (unpaired) electrons. The summed E-state index contributed by atoms with van der Waals surface area (Å²) in [4.78, 5) is 10.4. The molecule has 1 atom stereocenters. The maximum Gasteiger partial charge on any atom is 0.311 e. The van der Waals surface area contributed by atoms with E-state index < -0.39 is 4.92 Å². The van der Waals surface area contributed by atoms with Crippen LogP contribution < -0.4 is 10.5 Å². The van der Waals surface area contributed by atoms with Gasteiger partial charge in [0, 0.05) is 11.6 Å². The molecule has 106 valence electrons. The summed E-state index contributed by atoms with van der Waals surface area (Å²) < 4.78 is 10.4. The van der Waals surface area contributed by atoms with Crippen LogP contribution in [0, 0.1) is 10.1 Å². The highest BCUT2D eigenvalue weighted by atomic mass is 16.6. The van der Waals surface area contributed by atoms with Gasteiger partial charge in [0.2, 0.25) is 0 Å². The van der Waals surface area contributed by atoms with Gasteiger partial charge in [-0.3, -0.25) is 10.1 Å². The molecule has 0 saturated carbocycles. The number of benzene rings is 1. The van der Waals surface area contributed by atoms with Gasteiger partial charge in [-0.25, -0.2) is 0 Å². The summed E-state index contributed by atoms with van der Waals surface area (Å²) in [6, 6.07) is 4.77. The van der Waals surface area contributed by atoms with Crippen molar-refractivity contribution in [3.63, 3.8) is 0 Å². The molecule has 1 aromatic carbocycles. The Morgan fingerprint density at radius 2 is 2.16 bits per heavy atom. The van der Waals surface area contributed by atoms with E-state index in [1.165, 1.54) is 13.2 Å². The van der Waals surface area contributed by atoms with Crippen LogP contribution in [0.4, 0.5) is 5.69 Å². The van der Waals surface area contributed by atoms with Gasteiger partial charge in [-0.2, -0.15) is 0 Å². The van der Waals surface area contributed by atoms with Gasteiger partial charge >= 0.3 is 5.69 Å². The summed E-state index contributed by atoms with van der Waals surface area (Å²) in [6.45, 7) is 4.59. The SMILES string of the molecule is CCC(C)(N)COCc1ccc(OC)c([N+](=O)[O-])c1. The van der Waals surface area contributed by atoms with Gasteiger partial charge in [0.15, 0.2) is 5.75 Å². The molecule has 0 aliphatic carbocycles. The molecule has 1 unspecified atom stereocenters. The molecule has 0 amide bonds. The Morgan fingerprint density at radius 1 is 1.47 bits per heavy atom. The number of hydrogen-bond donors (Lipinski definition) is 1. The molecule has 0 spiro atoms. The van der Waals surface area contributed by atoms with E-state index in [2.05, 4.69) is 0 Å². The summed E-state index contributed by atoms with van der Waals surface area (Å²) in [5, 5.41) is 10.9. The van der Waals surface area contributed by atoms with Gasteiger partial charge in [0.25, 0.3) is 0 Å². The van der Waals surface area contributed by atoms with Crippen LogP contribution in [-0.2, 0) is 11.3 Å². The van der Waals surface area contributed by atoms with Gasteiger partial charge in [-0.1, -0.05) is 13.0 Å². The van der Waals surface area contributed by atoms with Crippen molar-refractivity contribution in [2.24, 2.45) is 5.73 Å². The monoisotopic (exact) mass is 268 g/mol. The fraction of sp³-hybridized carbons (Fsp3) is 0.538. The molecular formula is C13H20N2O4. The quantitative estimate of drug-likeness (QED) is 0.605. The first kappa shape index (κ1) is 15.4. The number of nitro benzene ring substituents is 1. The van der Waals surface area contributed by atoms with Crippen LogP contribution in [0.3, 0.4) is 0 Å². The molecule has 0 fully saturated rings. The highest BCUT2D eigenvalue weighted by Gasteiger charge is 2.17. The number of ether oxygens (including phenoxy) is 2. The molecule has 0 bridgehead atoms. The number of nitrogens with zero attached hydrogens (tertiary/aromatic N) is 1. The second-order valence-electron chi connectivity index (χ2n) is 4.76. The van der Waals surface area contributed by atoms with E-state index in [-0.39, 0.29) is 23.6 Å². The minimum atomic E-state index is -0.471. The van der Waals surface area contributed by atoms with E-state index in [1.54, 1.807) is 12.1 Å². The number of methoxy groups -OCH3 is 1. The molecule has 1 rings (SSSR count). The Labute approximate surface area is 112 Å². The molecule has 1 aromatic rings. The van der Waals surface area contributed by atoms with E-state index in [0.717, 1.165) is 12.0 Å². The third-order valence-electron chi connectivity index (χ3n) is 2.95. The minimum Gasteiger partial charge on any atom is -0.490 e. The molecule has 0 heterocycles. The first-order valence-electron chi connectivity index (χ1n) is 6.07. The molecule has 6 heteroatoms. The Bertz CT molecular complexity index is 446. The van der Waals surface area contributed by atoms with Crippen molar-refractivity contribution in [1.29, 1.82) is 0 Å². The summed E-state index contributed by atoms with van der Waals surface area (Å²) in [7, 11) is 1.40. The molecule has 6 nitrogen and oxygen atoms in total. The number of rotatable bonds is 7. The lowest BCUT2D eigenvalue weighted by molar-refractivity contribution is -0.385. The molecule has 2 N–H and O–H groups in total. The van der Waals surface area contributed by atoms with Crippen LogP contribution in [-0.4, -0.2) is 24.2 Å². The van der Waals surface area contributed by atoms with Gasteiger partial charge in [-0.05, 0) is 25.0 Å². The predicted molar refractivity (Wildman–Crippen MR) is 72.2 cm³/mol. The fourth-order valence-corrected chi connectivity index (χ4v) is 1.47. The zero-order valence-corrected chi connectivity index (χ0v) is 11.5. The lowest BCUT2D eigenvalue weighted by Crippen LogP contribution is -2.40. The molecule has 0 aliphatic rings. The van der Waals surface area contributed by atoms with Gasteiger partial charge < -0.3 is 15.2 Å². The molecule has 19 heavy (non-hydrogen) atoms. The van der Waals surface area contributed by atoms with E-state index >= 15 is 0 Å². The minimum absolute atomic E-state index is 0.0606. The Balaban J connectivity index is 2.70. The summed E-state index contributed by atoms with van der Waals surface area (Å²) in [6.07, 6.45) is 0.801. The molecule has 0 saturated heterocycles. The zero-order valence-electron chi connectivity index (χ0n) is 11.5. The number of hydrogen-bond acceptors (Lipinski definition) is 5. The Hall–Kier alpha value is -1.66. The van der Waals surface area contributed by atoms with Gasteiger partial charge in [-0.15, -0.1) is 0 Å². The summed E-state index contributed by atoms with van der Waals surface area (Å²) in [5.74, 6) is 0.242. The first-order chi connectivity index (χ1) is 8.89. The van der Waals surface area contributed by atoms with Crippen molar-refractivity contribution >= 4 is 5.69 Å². The normalized spacial score (nSPS) is 13.9. The van der Waals surface area contributed by atoms with E-state index in [0.29, 0.717) is 6.61 Å². The molecule has 0 aromatic heterocycles. The highest BCUT2D eigenvalue weighted by Crippen LogP contribution is 2.27. The predicted octanol–water partition coefficient (Wildman–Crippen LogP) is 2.25. The van der Waals surface area contributed by atoms with E-state index in [4.69, 9.17) is 15.2 Å². The van der Waals surface area contributed by atoms with Crippen LogP contribution >= 0.6 is 0 Å². The van der Waals surface area contributed by atoms with Crippen LogP contribution in [0.2, 0.25) is 0 Å². The van der Waals surface area contributed by atoms with Crippen LogP contribution in [0.5, 0.6) is 5.75 Å². The van der Waals surface area contributed by atoms with Crippen molar-refractivity contribution in [2.75, 3.05) is 13.7 Å². The third-order valence-corrected chi connectivity index (χ3v) is 2.95. The van der Waals surface area contributed by atoms with Gasteiger partial charge in [0.1, 0.15) is 0 Å². The first-order valence-corrected chi connectivity index (χ1v) is 6.07. The lowest BCUT2D eigenvalue weighted by atomic mass is 10.0. The number of nitrogens with two attached hydrogens (primary N) is 1. The van der Waals surface area contributed by atoms with Crippen molar-refractivity contribution in [1.82, 2.24) is 0 Å². The van der Waals surface area contributed by atoms with Crippen molar-refractivity contribution in [2.45, 2.75) is 32.4 Å². The van der Waals surface area contributed by atoms with Crippen molar-refractivity contribution in [3.05, 3.63) is 33.9 Å². The largest absolute Gasteiger partial charge is 0.490 e. The van der Waals surface area contributed by atoms with Crippen LogP contribution in [0.15, 0.2) is 18.2 Å². The van der Waals surface area contributed by atoms with Crippen LogP contribution in [0.25, 0.3) is 0 Å². The van der Waals surface area contributed by atoms with Crippen LogP contribution in [0.1, 0.15) is 25.8 Å². The highest BCUT2D eigenvalue weighted by molar-refractivity contribution is 5.48. The summed E-state index contributed by atoms with van der Waals surface area (Å²) >= 11 is 0. The topological polar surface area (TPSA) is 87.6 Å². The lowest BCUT2D eigenvalue weighted by Gasteiger charge is -2.22. The maximum absolute atomic E-state index is 10.9. The summed E-state index contributed by atoms with van der Waals surface area (Å²) in [5.41, 5.74) is 6.24. The van der Waals surface area contributed by atoms with Crippen molar-refractivity contribution in [3.8, 4) is 5.75 Å². The van der Waals surface area contributed by atoms with Gasteiger partial charge in [0.05, 0.1) is 25.2 Å². The van der Waals surface area contributed by atoms with E-state index in [9.17, 15) is 10.1 Å². The standard InChI is InChI=1S/C13H20N2O4/c1-4-13(2,14)9-19-8-10-5-6-12(18-3)11(7-10)15(16)17/h5-7H,4,8-9,14H2,1-3H3. The average Bonchev–Trinajstić information content (AvgIpc) is 2.38. The zero-order chi connectivity index (χ0) is 14.5. The maximum atomic E-state index is 10.9. The molecule has 0 aliphatic heterocycles. The smallest absolute Gasteiger partial charge is 0.311 e. The Kier molecular flexibility index (Phi) is 5.26.